The van der Waals surface area contributed by atoms with E-state index in [-0.39, 0.29) is 5.91 Å². The lowest BCUT2D eigenvalue weighted by Gasteiger charge is -2.35. The van der Waals surface area contributed by atoms with E-state index in [1.807, 2.05) is 36.4 Å². The van der Waals surface area contributed by atoms with E-state index in [2.05, 4.69) is 36.2 Å². The first-order valence-electron chi connectivity index (χ1n) is 10.1. The Balaban J connectivity index is 1.65. The van der Waals surface area contributed by atoms with Crippen LogP contribution in [0, 0.1) is 0 Å². The Kier molecular flexibility index (Phi) is 6.95. The zero-order valence-electron chi connectivity index (χ0n) is 17.7. The number of hydrogen-bond donors (Lipinski definition) is 1. The Morgan fingerprint density at radius 2 is 1.63 bits per heavy atom. The van der Waals surface area contributed by atoms with Gasteiger partial charge >= 0.3 is 0 Å². The van der Waals surface area contributed by atoms with Crippen LogP contribution < -0.4 is 10.2 Å². The number of rotatable bonds is 6. The molecule has 1 N–H and O–H groups in total. The second-order valence-electron chi connectivity index (χ2n) is 7.81. The van der Waals surface area contributed by atoms with E-state index in [1.54, 1.807) is 6.08 Å². The second kappa shape index (κ2) is 9.45. The van der Waals surface area contributed by atoms with E-state index < -0.39 is 10.0 Å². The van der Waals surface area contributed by atoms with Gasteiger partial charge in [-0.3, -0.25) is 4.79 Å². The van der Waals surface area contributed by atoms with Crippen LogP contribution in [0.4, 0.5) is 11.4 Å². The largest absolute Gasteiger partial charge is 0.367 e. The fourth-order valence-electron chi connectivity index (χ4n) is 3.45. The Morgan fingerprint density at radius 3 is 2.23 bits per heavy atom. The molecule has 30 heavy (non-hydrogen) atoms. The van der Waals surface area contributed by atoms with Crippen molar-refractivity contribution in [1.29, 1.82) is 0 Å². The van der Waals surface area contributed by atoms with E-state index in [1.165, 1.54) is 22.2 Å². The van der Waals surface area contributed by atoms with E-state index in [0.717, 1.165) is 16.9 Å². The molecule has 2 aromatic carbocycles. The first kappa shape index (κ1) is 22.1. The van der Waals surface area contributed by atoms with Gasteiger partial charge in [0.15, 0.2) is 0 Å². The van der Waals surface area contributed by atoms with Gasteiger partial charge in [0.05, 0.1) is 17.6 Å². The zero-order valence-corrected chi connectivity index (χ0v) is 18.5. The van der Waals surface area contributed by atoms with Gasteiger partial charge < -0.3 is 10.2 Å². The summed E-state index contributed by atoms with van der Waals surface area (Å²) < 4.78 is 24.9. The summed E-state index contributed by atoms with van der Waals surface area (Å²) in [4.78, 5) is 14.6. The third-order valence-electron chi connectivity index (χ3n) is 5.24. The second-order valence-corrected chi connectivity index (χ2v) is 9.79. The minimum atomic E-state index is -3.17. The van der Waals surface area contributed by atoms with Crippen molar-refractivity contribution in [2.24, 2.45) is 0 Å². The predicted molar refractivity (Wildman–Crippen MR) is 123 cm³/mol. The molecule has 1 amide bonds. The Bertz CT molecular complexity index is 1010. The highest BCUT2D eigenvalue weighted by Gasteiger charge is 2.24. The summed E-state index contributed by atoms with van der Waals surface area (Å²) in [5.41, 5.74) is 3.85. The van der Waals surface area contributed by atoms with Crippen LogP contribution in [0.2, 0.25) is 0 Å². The normalized spacial score (nSPS) is 15.7. The SMILES string of the molecule is CC(C)c1ccc(C=CC(=O)Nc2ccccc2N2CCN(S(C)(=O)=O)CC2)cc1. The van der Waals surface area contributed by atoms with Gasteiger partial charge in [0.2, 0.25) is 15.9 Å². The maximum Gasteiger partial charge on any atom is 0.248 e. The average molecular weight is 428 g/mol. The first-order chi connectivity index (χ1) is 14.2. The summed E-state index contributed by atoms with van der Waals surface area (Å²) in [6.07, 6.45) is 4.56. The number of para-hydroxylation sites is 2. The van der Waals surface area contributed by atoms with Crippen LogP contribution in [0.25, 0.3) is 6.08 Å². The summed E-state index contributed by atoms with van der Waals surface area (Å²) in [6, 6.07) is 15.8. The summed E-state index contributed by atoms with van der Waals surface area (Å²) in [7, 11) is -3.17. The fraction of sp³-hybridized carbons (Fsp3) is 0.348. The molecule has 0 spiro atoms. The lowest BCUT2D eigenvalue weighted by atomic mass is 10.0. The maximum atomic E-state index is 12.5. The molecule has 1 heterocycles. The molecule has 0 unspecified atom stereocenters. The predicted octanol–water partition coefficient (Wildman–Crippen LogP) is 3.54. The molecule has 0 aliphatic carbocycles. The van der Waals surface area contributed by atoms with Gasteiger partial charge in [-0.15, -0.1) is 0 Å². The first-order valence-corrected chi connectivity index (χ1v) is 12.0. The number of carbonyl (C=O) groups is 1. The molecular formula is C23H29N3O3S. The molecule has 160 valence electrons. The van der Waals surface area contributed by atoms with Crippen molar-refractivity contribution in [3.05, 3.63) is 65.7 Å². The molecule has 7 heteroatoms. The highest BCUT2D eigenvalue weighted by Crippen LogP contribution is 2.27. The van der Waals surface area contributed by atoms with Gasteiger partial charge in [-0.2, -0.15) is 4.31 Å². The molecule has 6 nitrogen and oxygen atoms in total. The molecule has 0 atom stereocenters. The van der Waals surface area contributed by atoms with Crippen molar-refractivity contribution in [2.45, 2.75) is 19.8 Å². The minimum Gasteiger partial charge on any atom is -0.367 e. The zero-order chi connectivity index (χ0) is 21.7. The number of nitrogens with zero attached hydrogens (tertiary/aromatic N) is 2. The lowest BCUT2D eigenvalue weighted by molar-refractivity contribution is -0.111. The molecule has 1 fully saturated rings. The van der Waals surface area contributed by atoms with Crippen molar-refractivity contribution in [1.82, 2.24) is 4.31 Å². The molecule has 0 saturated carbocycles. The van der Waals surface area contributed by atoms with E-state index >= 15 is 0 Å². The summed E-state index contributed by atoms with van der Waals surface area (Å²) in [5.74, 6) is 0.271. The number of carbonyl (C=O) groups excluding carboxylic acids is 1. The Morgan fingerprint density at radius 1 is 1.00 bits per heavy atom. The van der Waals surface area contributed by atoms with Crippen molar-refractivity contribution >= 4 is 33.4 Å². The number of sulfonamides is 1. The van der Waals surface area contributed by atoms with Crippen molar-refractivity contribution < 1.29 is 13.2 Å². The third-order valence-corrected chi connectivity index (χ3v) is 6.54. The van der Waals surface area contributed by atoms with Gasteiger partial charge in [-0.05, 0) is 35.3 Å². The Hall–Kier alpha value is -2.64. The van der Waals surface area contributed by atoms with Gasteiger partial charge in [0, 0.05) is 32.3 Å². The number of piperazine rings is 1. The molecule has 2 aromatic rings. The molecule has 1 saturated heterocycles. The van der Waals surface area contributed by atoms with Crippen molar-refractivity contribution in [2.75, 3.05) is 42.7 Å². The minimum absolute atomic E-state index is 0.204. The summed E-state index contributed by atoms with van der Waals surface area (Å²) in [5, 5.41) is 2.95. The monoisotopic (exact) mass is 427 g/mol. The lowest BCUT2D eigenvalue weighted by Crippen LogP contribution is -2.48. The van der Waals surface area contributed by atoms with Crippen molar-refractivity contribution in [3.8, 4) is 0 Å². The third kappa shape index (κ3) is 5.70. The standard InChI is InChI=1S/C23H29N3O3S/c1-18(2)20-11-8-19(9-12-20)10-13-23(27)24-21-6-4-5-7-22(21)25-14-16-26(17-15-25)30(3,28)29/h4-13,18H,14-17H2,1-3H3,(H,24,27). The number of hydrogen-bond acceptors (Lipinski definition) is 4. The molecule has 1 aliphatic rings. The number of benzene rings is 2. The highest BCUT2D eigenvalue weighted by molar-refractivity contribution is 7.88. The number of amides is 1. The van der Waals surface area contributed by atoms with Crippen LogP contribution in [-0.2, 0) is 14.8 Å². The van der Waals surface area contributed by atoms with E-state index in [9.17, 15) is 13.2 Å². The average Bonchev–Trinajstić information content (AvgIpc) is 2.72. The van der Waals surface area contributed by atoms with Crippen LogP contribution in [0.1, 0.15) is 30.9 Å². The van der Waals surface area contributed by atoms with E-state index in [0.29, 0.717) is 32.1 Å². The molecule has 0 radical (unpaired) electrons. The van der Waals surface area contributed by atoms with E-state index in [4.69, 9.17) is 0 Å². The molecular weight excluding hydrogens is 398 g/mol. The van der Waals surface area contributed by atoms with Crippen LogP contribution in [0.15, 0.2) is 54.6 Å². The summed E-state index contributed by atoms with van der Waals surface area (Å²) >= 11 is 0. The van der Waals surface area contributed by atoms with Crippen molar-refractivity contribution in [3.63, 3.8) is 0 Å². The molecule has 3 rings (SSSR count). The van der Waals surface area contributed by atoms with Crippen LogP contribution in [0.5, 0.6) is 0 Å². The molecule has 0 bridgehead atoms. The van der Waals surface area contributed by atoms with Gasteiger partial charge in [0.25, 0.3) is 0 Å². The molecule has 1 aliphatic heterocycles. The molecule has 0 aromatic heterocycles. The maximum absolute atomic E-state index is 12.5. The fourth-order valence-corrected chi connectivity index (χ4v) is 4.28. The smallest absolute Gasteiger partial charge is 0.248 e. The van der Waals surface area contributed by atoms with Crippen LogP contribution in [-0.4, -0.2) is 51.1 Å². The Labute approximate surface area is 179 Å². The summed E-state index contributed by atoms with van der Waals surface area (Å²) in [6.45, 7) is 6.34. The number of anilines is 2. The topological polar surface area (TPSA) is 69.7 Å². The van der Waals surface area contributed by atoms with Gasteiger partial charge in [-0.25, -0.2) is 8.42 Å². The van der Waals surface area contributed by atoms with Gasteiger partial charge in [0.1, 0.15) is 0 Å². The van der Waals surface area contributed by atoms with Crippen LogP contribution >= 0.6 is 0 Å². The quantitative estimate of drug-likeness (QED) is 0.716. The van der Waals surface area contributed by atoms with Crippen LogP contribution in [0.3, 0.4) is 0 Å². The number of nitrogens with one attached hydrogen (secondary N) is 1. The highest BCUT2D eigenvalue weighted by atomic mass is 32.2. The van der Waals surface area contributed by atoms with Gasteiger partial charge in [-0.1, -0.05) is 50.2 Å².